The molecular weight excluding hydrogens is 573 g/mol. The first-order chi connectivity index (χ1) is 17.9. The fourth-order valence-electron chi connectivity index (χ4n) is 5.48. The summed E-state index contributed by atoms with van der Waals surface area (Å²) in [4.78, 5) is 17.7. The summed E-state index contributed by atoms with van der Waals surface area (Å²) in [6.07, 6.45) is 4.42. The van der Waals surface area contributed by atoms with Crippen LogP contribution in [0.2, 0.25) is 10.0 Å². The summed E-state index contributed by atoms with van der Waals surface area (Å²) < 4.78 is 0.893. The quantitative estimate of drug-likeness (QED) is 0.317. The lowest BCUT2D eigenvalue weighted by atomic mass is 9.94. The summed E-state index contributed by atoms with van der Waals surface area (Å²) in [5.41, 5.74) is 3.35. The Bertz CT molecular complexity index is 1270. The molecule has 1 aliphatic carbocycles. The fraction of sp³-hybridized carbons (Fsp3) is 0.345. The van der Waals surface area contributed by atoms with E-state index in [1.807, 2.05) is 48.5 Å². The van der Waals surface area contributed by atoms with Crippen molar-refractivity contribution in [2.75, 3.05) is 31.1 Å². The van der Waals surface area contributed by atoms with Crippen LogP contribution in [0.1, 0.15) is 53.2 Å². The van der Waals surface area contributed by atoms with Gasteiger partial charge in [0.15, 0.2) is 0 Å². The molecule has 1 saturated carbocycles. The van der Waals surface area contributed by atoms with Gasteiger partial charge in [0, 0.05) is 47.8 Å². The smallest absolute Gasteiger partial charge is 0.251 e. The number of rotatable bonds is 6. The van der Waals surface area contributed by atoms with E-state index in [9.17, 15) is 9.90 Å². The minimum Gasteiger partial charge on any atom is -0.508 e. The fourth-order valence-corrected chi connectivity index (χ4v) is 6.27. The van der Waals surface area contributed by atoms with E-state index in [1.54, 1.807) is 12.1 Å². The molecule has 2 N–H and O–H groups in total. The maximum atomic E-state index is 13.1. The van der Waals surface area contributed by atoms with Crippen molar-refractivity contribution in [3.63, 3.8) is 0 Å². The molecule has 1 aliphatic heterocycles. The SMILES string of the molecule is O=C(NC1CCCC1)c1cccc(C(c2cc(Br)ccc2O)N2CCN(c3cccc(Cl)c3Cl)CC2)c1. The molecule has 0 spiro atoms. The first-order valence-corrected chi connectivity index (χ1v) is 14.3. The summed E-state index contributed by atoms with van der Waals surface area (Å²) in [5.74, 6) is 0.195. The molecule has 2 fully saturated rings. The number of carbonyl (C=O) groups excluding carboxylic acids is 1. The van der Waals surface area contributed by atoms with Gasteiger partial charge < -0.3 is 15.3 Å². The van der Waals surface area contributed by atoms with Gasteiger partial charge in [-0.3, -0.25) is 9.69 Å². The Morgan fingerprint density at radius 3 is 2.46 bits per heavy atom. The zero-order valence-electron chi connectivity index (χ0n) is 20.5. The predicted octanol–water partition coefficient (Wildman–Crippen LogP) is 7.05. The first kappa shape index (κ1) is 26.4. The second-order valence-corrected chi connectivity index (χ2v) is 11.5. The second-order valence-electron chi connectivity index (χ2n) is 9.78. The number of piperazine rings is 1. The molecule has 1 unspecified atom stereocenters. The highest BCUT2D eigenvalue weighted by atomic mass is 79.9. The molecule has 0 radical (unpaired) electrons. The van der Waals surface area contributed by atoms with Gasteiger partial charge in [-0.15, -0.1) is 0 Å². The Labute approximate surface area is 236 Å². The Morgan fingerprint density at radius 2 is 1.70 bits per heavy atom. The van der Waals surface area contributed by atoms with E-state index >= 15 is 0 Å². The molecule has 1 amide bonds. The van der Waals surface area contributed by atoms with Crippen LogP contribution >= 0.6 is 39.1 Å². The number of halogens is 3. The lowest BCUT2D eigenvalue weighted by Crippen LogP contribution is -2.48. The third-order valence-electron chi connectivity index (χ3n) is 7.39. The number of phenols is 1. The van der Waals surface area contributed by atoms with Gasteiger partial charge in [0.25, 0.3) is 5.91 Å². The summed E-state index contributed by atoms with van der Waals surface area (Å²) in [5, 5.41) is 15.2. The van der Waals surface area contributed by atoms with Crippen LogP contribution in [0.25, 0.3) is 0 Å². The molecule has 1 atom stereocenters. The second kappa shape index (κ2) is 11.6. The van der Waals surface area contributed by atoms with Gasteiger partial charge in [-0.1, -0.05) is 70.2 Å². The van der Waals surface area contributed by atoms with Gasteiger partial charge in [-0.25, -0.2) is 0 Å². The molecule has 5 nitrogen and oxygen atoms in total. The highest BCUT2D eigenvalue weighted by molar-refractivity contribution is 9.10. The van der Waals surface area contributed by atoms with E-state index in [1.165, 1.54) is 12.8 Å². The highest BCUT2D eigenvalue weighted by Crippen LogP contribution is 2.38. The molecule has 5 rings (SSSR count). The Kier molecular flexibility index (Phi) is 8.30. The van der Waals surface area contributed by atoms with Crippen molar-refractivity contribution in [3.8, 4) is 5.75 Å². The van der Waals surface area contributed by atoms with E-state index in [-0.39, 0.29) is 23.7 Å². The van der Waals surface area contributed by atoms with Crippen LogP contribution in [0.4, 0.5) is 5.69 Å². The van der Waals surface area contributed by atoms with Gasteiger partial charge in [-0.2, -0.15) is 0 Å². The van der Waals surface area contributed by atoms with Gasteiger partial charge in [-0.05, 0) is 60.9 Å². The summed E-state index contributed by atoms with van der Waals surface area (Å²) in [6, 6.07) is 19.1. The molecule has 2 aliphatic rings. The lowest BCUT2D eigenvalue weighted by molar-refractivity contribution is 0.0937. The van der Waals surface area contributed by atoms with Gasteiger partial charge in [0.2, 0.25) is 0 Å². The van der Waals surface area contributed by atoms with Gasteiger partial charge in [0.05, 0.1) is 21.8 Å². The normalized spacial score (nSPS) is 17.6. The Hall–Kier alpha value is -2.25. The molecule has 0 aromatic heterocycles. The maximum Gasteiger partial charge on any atom is 0.251 e. The molecule has 3 aromatic rings. The third kappa shape index (κ3) is 5.93. The van der Waals surface area contributed by atoms with E-state index in [2.05, 4.69) is 31.0 Å². The minimum absolute atomic E-state index is 0.0358. The molecule has 3 aromatic carbocycles. The van der Waals surface area contributed by atoms with E-state index < -0.39 is 0 Å². The third-order valence-corrected chi connectivity index (χ3v) is 8.69. The van der Waals surface area contributed by atoms with Crippen LogP contribution in [0, 0.1) is 0 Å². The average Bonchev–Trinajstić information content (AvgIpc) is 3.42. The number of benzene rings is 3. The van der Waals surface area contributed by atoms with Gasteiger partial charge >= 0.3 is 0 Å². The number of carbonyl (C=O) groups is 1. The number of phenolic OH excluding ortho intramolecular Hbond substituents is 1. The zero-order chi connectivity index (χ0) is 25.9. The monoisotopic (exact) mass is 601 g/mol. The molecule has 194 valence electrons. The van der Waals surface area contributed by atoms with Crippen molar-refractivity contribution >= 4 is 50.7 Å². The standard InChI is InChI=1S/C29H30BrCl2N3O2/c30-21-11-12-26(36)23(18-21)28(19-5-3-6-20(17-19)29(37)33-22-7-1-2-8-22)35-15-13-34(14-16-35)25-10-4-9-24(31)27(25)32/h3-6,9-12,17-18,22,28,36H,1-2,7-8,13-16H2,(H,33,37). The topological polar surface area (TPSA) is 55.8 Å². The van der Waals surface area contributed by atoms with E-state index in [0.29, 0.717) is 15.6 Å². The number of amides is 1. The van der Waals surface area contributed by atoms with Crippen LogP contribution in [-0.2, 0) is 0 Å². The minimum atomic E-state index is -0.214. The van der Waals surface area contributed by atoms with Crippen molar-refractivity contribution in [1.29, 1.82) is 0 Å². The van der Waals surface area contributed by atoms with E-state index in [4.69, 9.17) is 23.2 Å². The number of nitrogens with one attached hydrogen (secondary N) is 1. The van der Waals surface area contributed by atoms with Crippen LogP contribution in [-0.4, -0.2) is 48.1 Å². The van der Waals surface area contributed by atoms with Crippen molar-refractivity contribution in [2.45, 2.75) is 37.8 Å². The van der Waals surface area contributed by atoms with E-state index in [0.717, 1.165) is 60.3 Å². The number of nitrogens with zero attached hydrogens (tertiary/aromatic N) is 2. The van der Waals surface area contributed by atoms with Gasteiger partial charge in [0.1, 0.15) is 5.75 Å². The number of hydrogen-bond acceptors (Lipinski definition) is 4. The molecule has 0 bridgehead atoms. The zero-order valence-corrected chi connectivity index (χ0v) is 23.6. The first-order valence-electron chi connectivity index (χ1n) is 12.7. The lowest BCUT2D eigenvalue weighted by Gasteiger charge is -2.41. The number of anilines is 1. The number of aromatic hydroxyl groups is 1. The molecule has 1 heterocycles. The predicted molar refractivity (Wildman–Crippen MR) is 154 cm³/mol. The maximum absolute atomic E-state index is 13.1. The highest BCUT2D eigenvalue weighted by Gasteiger charge is 2.30. The molecular formula is C29H30BrCl2N3O2. The Morgan fingerprint density at radius 1 is 0.973 bits per heavy atom. The molecule has 37 heavy (non-hydrogen) atoms. The largest absolute Gasteiger partial charge is 0.508 e. The molecule has 1 saturated heterocycles. The summed E-state index contributed by atoms with van der Waals surface area (Å²) in [6.45, 7) is 3.01. The van der Waals surface area contributed by atoms with Crippen LogP contribution < -0.4 is 10.2 Å². The van der Waals surface area contributed by atoms with Crippen molar-refractivity contribution < 1.29 is 9.90 Å². The van der Waals surface area contributed by atoms with Crippen LogP contribution in [0.5, 0.6) is 5.75 Å². The van der Waals surface area contributed by atoms with Crippen LogP contribution in [0.15, 0.2) is 65.1 Å². The van der Waals surface area contributed by atoms with Crippen molar-refractivity contribution in [1.82, 2.24) is 10.2 Å². The Balaban J connectivity index is 1.43. The molecule has 8 heteroatoms. The summed E-state index contributed by atoms with van der Waals surface area (Å²) >= 11 is 16.3. The van der Waals surface area contributed by atoms with Crippen LogP contribution in [0.3, 0.4) is 0 Å². The van der Waals surface area contributed by atoms with Crippen molar-refractivity contribution in [3.05, 3.63) is 91.9 Å². The van der Waals surface area contributed by atoms with Crippen molar-refractivity contribution in [2.24, 2.45) is 0 Å². The number of hydrogen-bond donors (Lipinski definition) is 2. The average molecular weight is 603 g/mol. The summed E-state index contributed by atoms with van der Waals surface area (Å²) in [7, 11) is 0.